The third kappa shape index (κ3) is 5.83. The van der Waals surface area contributed by atoms with Crippen molar-refractivity contribution in [3.05, 3.63) is 64.7 Å². The number of halogens is 2. The molecule has 130 valence electrons. The minimum absolute atomic E-state index is 0.146. The van der Waals surface area contributed by atoms with Gasteiger partial charge in [0.1, 0.15) is 17.4 Å². The molecule has 0 unspecified atom stereocenters. The molecule has 0 aliphatic heterocycles. The topological polar surface area (TPSA) is 21.6 Å². The molecule has 2 nitrogen and oxygen atoms in total. The number of rotatable bonds is 4. The summed E-state index contributed by atoms with van der Waals surface area (Å²) >= 11 is 4.36. The van der Waals surface area contributed by atoms with E-state index in [1.54, 1.807) is 24.3 Å². The van der Waals surface area contributed by atoms with E-state index in [1.165, 1.54) is 0 Å². The molecule has 0 aliphatic carbocycles. The highest BCUT2D eigenvalue weighted by molar-refractivity contribution is 7.78. The third-order valence-electron chi connectivity index (χ3n) is 3.30. The number of unbranched alkanes of at least 4 members (excludes halogenated alkanes) is 1. The molecule has 0 aliphatic rings. The zero-order valence-corrected chi connectivity index (χ0v) is 14.9. The molecule has 0 amide bonds. The van der Waals surface area contributed by atoms with Crippen LogP contribution in [0.3, 0.4) is 0 Å². The number of hydrogen-bond acceptors (Lipinski definition) is 3. The van der Waals surface area contributed by atoms with Crippen molar-refractivity contribution in [1.29, 1.82) is 0 Å². The monoisotopic (exact) mass is 367 g/mol. The van der Waals surface area contributed by atoms with Gasteiger partial charge in [-0.15, -0.1) is 4.99 Å². The fraction of sp³-hybridized carbons (Fsp3) is 0.190. The smallest absolute Gasteiger partial charge is 0.143 e. The van der Waals surface area contributed by atoms with E-state index in [0.717, 1.165) is 30.7 Å². The summed E-state index contributed by atoms with van der Waals surface area (Å²) in [4.78, 5) is 3.38. The molecule has 26 heavy (non-hydrogen) atoms. The Morgan fingerprint density at radius 1 is 1.00 bits per heavy atom. The van der Waals surface area contributed by atoms with E-state index in [9.17, 15) is 8.78 Å². The van der Waals surface area contributed by atoms with Gasteiger partial charge >= 0.3 is 0 Å². The Kier molecular flexibility index (Phi) is 7.52. The third-order valence-corrected chi connectivity index (χ3v) is 3.39. The first-order valence-electron chi connectivity index (χ1n) is 7.96. The molecule has 0 radical (unpaired) electrons. The summed E-state index contributed by atoms with van der Waals surface area (Å²) in [5, 5.41) is 2.05. The van der Waals surface area contributed by atoms with Crippen molar-refractivity contribution in [2.45, 2.75) is 19.8 Å². The molecule has 0 heterocycles. The van der Waals surface area contributed by atoms with Crippen LogP contribution in [-0.4, -0.2) is 11.8 Å². The standard InChI is InChI=1S/C21H15F2NOS/c1-2-3-12-25-18-7-4-16(5-8-18)6-9-19-20(22)13-17(14-21(19)23)10-11-24-15-26/h4-5,7-8,13-14H,2-3,12H2,1H3. The summed E-state index contributed by atoms with van der Waals surface area (Å²) in [6, 6.07) is 11.5. The highest BCUT2D eigenvalue weighted by Gasteiger charge is 2.08. The average molecular weight is 367 g/mol. The summed E-state index contributed by atoms with van der Waals surface area (Å²) in [5.74, 6) is 6.90. The van der Waals surface area contributed by atoms with Gasteiger partial charge in [0, 0.05) is 11.1 Å². The fourth-order valence-corrected chi connectivity index (χ4v) is 2.03. The molecule has 0 spiro atoms. The highest BCUT2D eigenvalue weighted by Crippen LogP contribution is 2.15. The van der Waals surface area contributed by atoms with Gasteiger partial charge in [0.15, 0.2) is 0 Å². The first-order chi connectivity index (χ1) is 12.6. The Balaban J connectivity index is 2.16. The molecule has 2 rings (SSSR count). The van der Waals surface area contributed by atoms with Crippen molar-refractivity contribution < 1.29 is 13.5 Å². The summed E-state index contributed by atoms with van der Waals surface area (Å²) < 4.78 is 33.7. The summed E-state index contributed by atoms with van der Waals surface area (Å²) in [6.45, 7) is 2.75. The van der Waals surface area contributed by atoms with E-state index < -0.39 is 11.6 Å². The summed E-state index contributed by atoms with van der Waals surface area (Å²) in [6.07, 6.45) is 2.04. The zero-order chi connectivity index (χ0) is 18.8. The second-order valence-corrected chi connectivity index (χ2v) is 5.41. The molecule has 0 aromatic heterocycles. The molecule has 5 heteroatoms. The van der Waals surface area contributed by atoms with E-state index in [-0.39, 0.29) is 11.1 Å². The molecule has 2 aromatic carbocycles. The molecule has 0 atom stereocenters. The normalized spacial score (nSPS) is 9.19. The van der Waals surface area contributed by atoms with Crippen LogP contribution in [0.25, 0.3) is 0 Å². The number of thiocarbonyl (C=S) groups is 1. The van der Waals surface area contributed by atoms with Gasteiger partial charge in [0.05, 0.1) is 23.4 Å². The van der Waals surface area contributed by atoms with Gasteiger partial charge < -0.3 is 4.74 Å². The Morgan fingerprint density at radius 3 is 2.31 bits per heavy atom. The number of aliphatic imine (C=N–C) groups is 1. The van der Waals surface area contributed by atoms with Crippen LogP contribution in [0.1, 0.15) is 36.5 Å². The van der Waals surface area contributed by atoms with E-state index in [2.05, 4.69) is 53.1 Å². The second-order valence-electron chi connectivity index (χ2n) is 5.23. The molecule has 2 aromatic rings. The Labute approximate surface area is 156 Å². The summed E-state index contributed by atoms with van der Waals surface area (Å²) in [7, 11) is 0. The minimum atomic E-state index is -0.785. The number of benzene rings is 2. The first-order valence-corrected chi connectivity index (χ1v) is 8.36. The lowest BCUT2D eigenvalue weighted by molar-refractivity contribution is 0.309. The van der Waals surface area contributed by atoms with Crippen LogP contribution in [-0.2, 0) is 0 Å². The van der Waals surface area contributed by atoms with Crippen molar-refractivity contribution in [3.8, 4) is 29.6 Å². The predicted molar refractivity (Wildman–Crippen MR) is 101 cm³/mol. The Bertz CT molecular complexity index is 917. The van der Waals surface area contributed by atoms with Crippen LogP contribution in [0.5, 0.6) is 5.75 Å². The van der Waals surface area contributed by atoms with Gasteiger partial charge in [0.25, 0.3) is 0 Å². The van der Waals surface area contributed by atoms with Gasteiger partial charge in [-0.1, -0.05) is 25.2 Å². The second kappa shape index (κ2) is 10.1. The Morgan fingerprint density at radius 2 is 1.69 bits per heavy atom. The van der Waals surface area contributed by atoms with E-state index in [4.69, 9.17) is 4.74 Å². The molecule has 0 fully saturated rings. The minimum Gasteiger partial charge on any atom is -0.494 e. The van der Waals surface area contributed by atoms with Crippen molar-refractivity contribution in [2.75, 3.05) is 6.61 Å². The van der Waals surface area contributed by atoms with Crippen LogP contribution in [0, 0.1) is 35.4 Å². The van der Waals surface area contributed by atoms with E-state index in [1.807, 2.05) is 0 Å². The molecular weight excluding hydrogens is 352 g/mol. The highest BCUT2D eigenvalue weighted by atomic mass is 32.1. The van der Waals surface area contributed by atoms with Crippen LogP contribution in [0.15, 0.2) is 41.4 Å². The van der Waals surface area contributed by atoms with Gasteiger partial charge in [-0.05, 0) is 61.0 Å². The molecule has 0 bridgehead atoms. The number of isothiocyanates is 1. The van der Waals surface area contributed by atoms with Gasteiger partial charge in [-0.2, -0.15) is 0 Å². The molecule has 0 N–H and O–H groups in total. The van der Waals surface area contributed by atoms with Crippen LogP contribution in [0.2, 0.25) is 0 Å². The SMILES string of the molecule is CCCCOc1ccc(C#Cc2c(F)cc(C#CN=C=S)cc2F)cc1. The predicted octanol–water partition coefficient (Wildman–Crippen LogP) is 4.96. The van der Waals surface area contributed by atoms with Crippen molar-refractivity contribution in [1.82, 2.24) is 0 Å². The first kappa shape index (κ1) is 19.3. The van der Waals surface area contributed by atoms with Crippen LogP contribution < -0.4 is 4.74 Å². The van der Waals surface area contributed by atoms with Crippen LogP contribution >= 0.6 is 12.2 Å². The van der Waals surface area contributed by atoms with Gasteiger partial charge in [0.2, 0.25) is 0 Å². The fourth-order valence-electron chi connectivity index (χ4n) is 1.98. The van der Waals surface area contributed by atoms with Crippen molar-refractivity contribution in [3.63, 3.8) is 0 Å². The number of nitrogens with zero attached hydrogens (tertiary/aromatic N) is 1. The lowest BCUT2D eigenvalue weighted by Crippen LogP contribution is -1.96. The molecule has 0 saturated carbocycles. The van der Waals surface area contributed by atoms with Gasteiger partial charge in [-0.3, -0.25) is 0 Å². The average Bonchev–Trinajstić information content (AvgIpc) is 2.63. The van der Waals surface area contributed by atoms with Crippen molar-refractivity contribution in [2.24, 2.45) is 4.99 Å². The quantitative estimate of drug-likeness (QED) is 0.330. The van der Waals surface area contributed by atoms with E-state index in [0.29, 0.717) is 12.2 Å². The van der Waals surface area contributed by atoms with Gasteiger partial charge in [-0.25, -0.2) is 8.78 Å². The lowest BCUT2D eigenvalue weighted by Gasteiger charge is -2.04. The van der Waals surface area contributed by atoms with Crippen molar-refractivity contribution >= 4 is 17.4 Å². The molecular formula is C21H15F2NOS. The van der Waals surface area contributed by atoms with E-state index >= 15 is 0 Å². The maximum absolute atomic E-state index is 14.1. The number of ether oxygens (including phenoxy) is 1. The largest absolute Gasteiger partial charge is 0.494 e. The Hall–Kier alpha value is -2.98. The van der Waals surface area contributed by atoms with Crippen LogP contribution in [0.4, 0.5) is 8.78 Å². The maximum Gasteiger partial charge on any atom is 0.143 e. The lowest BCUT2D eigenvalue weighted by atomic mass is 10.1. The number of hydrogen-bond donors (Lipinski definition) is 0. The maximum atomic E-state index is 14.1. The zero-order valence-electron chi connectivity index (χ0n) is 14.1. The summed E-state index contributed by atoms with van der Waals surface area (Å²) in [5.41, 5.74) is 0.469. The molecule has 0 saturated heterocycles.